The van der Waals surface area contributed by atoms with Gasteiger partial charge >= 0.3 is 5.88 Å². The van der Waals surface area contributed by atoms with E-state index >= 15 is 0 Å². The first-order valence-electron chi connectivity index (χ1n) is 6.52. The van der Waals surface area contributed by atoms with Gasteiger partial charge in [-0.1, -0.05) is 0 Å². The van der Waals surface area contributed by atoms with E-state index in [1.54, 1.807) is 0 Å². The van der Waals surface area contributed by atoms with Gasteiger partial charge in [0.25, 0.3) is 11.1 Å². The fourth-order valence-corrected chi connectivity index (χ4v) is 2.84. The van der Waals surface area contributed by atoms with Crippen molar-refractivity contribution in [3.05, 3.63) is 62.7 Å². The van der Waals surface area contributed by atoms with E-state index in [-0.39, 0.29) is 10.7 Å². The van der Waals surface area contributed by atoms with Crippen molar-refractivity contribution in [1.82, 2.24) is 0 Å². The minimum atomic E-state index is -0.695. The van der Waals surface area contributed by atoms with E-state index < -0.39 is 22.0 Å². The number of carbonyl (C=O) groups is 2. The molecule has 9 heteroatoms. The van der Waals surface area contributed by atoms with Gasteiger partial charge < -0.3 is 4.42 Å². The molecule has 0 atom stereocenters. The van der Waals surface area contributed by atoms with Crippen LogP contribution in [0.4, 0.5) is 16.4 Å². The van der Waals surface area contributed by atoms with Crippen molar-refractivity contribution in [2.75, 3.05) is 4.90 Å². The van der Waals surface area contributed by atoms with Crippen LogP contribution in [0, 0.1) is 21.4 Å². The van der Waals surface area contributed by atoms with Crippen LogP contribution >= 0.6 is 11.8 Å². The zero-order valence-electron chi connectivity index (χ0n) is 11.8. The van der Waals surface area contributed by atoms with E-state index in [1.807, 2.05) is 6.07 Å². The van der Waals surface area contributed by atoms with E-state index in [1.165, 1.54) is 36.4 Å². The molecular formula is C15H7N3O5S. The summed E-state index contributed by atoms with van der Waals surface area (Å²) in [7, 11) is 0. The van der Waals surface area contributed by atoms with Gasteiger partial charge in [0.05, 0.1) is 28.3 Å². The minimum Gasteiger partial charge on any atom is -0.401 e. The van der Waals surface area contributed by atoms with E-state index in [0.29, 0.717) is 23.0 Å². The van der Waals surface area contributed by atoms with Crippen LogP contribution in [0.3, 0.4) is 0 Å². The average molecular weight is 341 g/mol. The van der Waals surface area contributed by atoms with Crippen molar-refractivity contribution < 1.29 is 18.9 Å². The number of rotatable bonds is 3. The van der Waals surface area contributed by atoms with Crippen molar-refractivity contribution in [3.63, 3.8) is 0 Å². The fourth-order valence-electron chi connectivity index (χ4n) is 2.02. The SMILES string of the molecule is N#Cc1ccc(N2C(=O)S/C(=C\c3ccc([N+](=O)[O-])o3)C2=O)cc1. The van der Waals surface area contributed by atoms with E-state index in [4.69, 9.17) is 9.68 Å². The van der Waals surface area contributed by atoms with Gasteiger partial charge in [0.2, 0.25) is 0 Å². The fraction of sp³-hybridized carbons (Fsp3) is 0. The molecule has 0 spiro atoms. The predicted molar refractivity (Wildman–Crippen MR) is 85.0 cm³/mol. The Morgan fingerprint density at radius 3 is 2.50 bits per heavy atom. The average Bonchev–Trinajstić information content (AvgIpc) is 3.13. The first-order valence-corrected chi connectivity index (χ1v) is 7.33. The number of imide groups is 1. The van der Waals surface area contributed by atoms with E-state index in [9.17, 15) is 19.7 Å². The van der Waals surface area contributed by atoms with Crippen LogP contribution in [-0.4, -0.2) is 16.1 Å². The quantitative estimate of drug-likeness (QED) is 0.477. The maximum atomic E-state index is 12.4. The standard InChI is InChI=1S/C15H7N3O5S/c16-8-9-1-3-10(4-2-9)17-14(19)12(24-15(17)20)7-11-5-6-13(23-11)18(21)22/h1-7H/b12-7-. The highest BCUT2D eigenvalue weighted by atomic mass is 32.2. The Bertz CT molecular complexity index is 923. The molecule has 1 aromatic carbocycles. The summed E-state index contributed by atoms with van der Waals surface area (Å²) in [5.74, 6) is -0.909. The van der Waals surface area contributed by atoms with Crippen molar-refractivity contribution >= 4 is 40.6 Å². The summed E-state index contributed by atoms with van der Waals surface area (Å²) in [6.07, 6.45) is 1.28. The molecule has 2 amide bonds. The number of carbonyl (C=O) groups excluding carboxylic acids is 2. The van der Waals surface area contributed by atoms with Crippen molar-refractivity contribution in [2.45, 2.75) is 0 Å². The van der Waals surface area contributed by atoms with Crippen LogP contribution < -0.4 is 4.90 Å². The van der Waals surface area contributed by atoms with Crippen LogP contribution in [0.25, 0.3) is 6.08 Å². The van der Waals surface area contributed by atoms with Gasteiger partial charge in [-0.25, -0.2) is 4.90 Å². The first kappa shape index (κ1) is 15.5. The number of thioether (sulfide) groups is 1. The van der Waals surface area contributed by atoms with Crippen LogP contribution in [0.15, 0.2) is 45.7 Å². The Kier molecular flexibility index (Phi) is 3.89. The van der Waals surface area contributed by atoms with Gasteiger partial charge in [-0.05, 0) is 42.1 Å². The summed E-state index contributed by atoms with van der Waals surface area (Å²) in [4.78, 5) is 35.4. The largest absolute Gasteiger partial charge is 0.433 e. The van der Waals surface area contributed by atoms with Crippen LogP contribution in [0.5, 0.6) is 0 Å². The maximum Gasteiger partial charge on any atom is 0.433 e. The zero-order chi connectivity index (χ0) is 17.3. The molecule has 0 radical (unpaired) electrons. The lowest BCUT2D eigenvalue weighted by Crippen LogP contribution is -2.27. The summed E-state index contributed by atoms with van der Waals surface area (Å²) in [6.45, 7) is 0. The van der Waals surface area contributed by atoms with Crippen LogP contribution in [-0.2, 0) is 4.79 Å². The molecule has 0 unspecified atom stereocenters. The third kappa shape index (κ3) is 2.78. The number of benzene rings is 1. The highest BCUT2D eigenvalue weighted by molar-refractivity contribution is 8.19. The second kappa shape index (κ2) is 6.02. The molecule has 24 heavy (non-hydrogen) atoms. The lowest BCUT2D eigenvalue weighted by atomic mass is 10.2. The molecule has 118 valence electrons. The van der Waals surface area contributed by atoms with Gasteiger partial charge in [0.15, 0.2) is 0 Å². The summed E-state index contributed by atoms with van der Waals surface area (Å²) < 4.78 is 4.95. The monoisotopic (exact) mass is 341 g/mol. The Labute approximate surface area is 139 Å². The Hall–Kier alpha value is -3.38. The molecule has 0 saturated carbocycles. The van der Waals surface area contributed by atoms with Gasteiger partial charge in [-0.3, -0.25) is 19.7 Å². The number of furan rings is 1. The normalized spacial score (nSPS) is 15.8. The van der Waals surface area contributed by atoms with Gasteiger partial charge in [0.1, 0.15) is 10.7 Å². The summed E-state index contributed by atoms with van der Waals surface area (Å²) in [5.41, 5.74) is 0.745. The molecule has 2 aromatic rings. The van der Waals surface area contributed by atoms with Gasteiger partial charge in [0, 0.05) is 6.08 Å². The molecule has 1 fully saturated rings. The molecule has 1 aliphatic rings. The van der Waals surface area contributed by atoms with E-state index in [2.05, 4.69) is 0 Å². The zero-order valence-corrected chi connectivity index (χ0v) is 12.6. The number of hydrogen-bond donors (Lipinski definition) is 0. The number of amides is 2. The Morgan fingerprint density at radius 2 is 1.92 bits per heavy atom. The molecule has 8 nitrogen and oxygen atoms in total. The van der Waals surface area contributed by atoms with E-state index in [0.717, 1.165) is 11.0 Å². The third-order valence-electron chi connectivity index (χ3n) is 3.11. The number of anilines is 1. The molecule has 1 saturated heterocycles. The summed E-state index contributed by atoms with van der Waals surface area (Å²) >= 11 is 0.703. The smallest absolute Gasteiger partial charge is 0.401 e. The highest BCUT2D eigenvalue weighted by Crippen LogP contribution is 2.36. The summed E-state index contributed by atoms with van der Waals surface area (Å²) in [6, 6.07) is 10.4. The number of nitriles is 1. The predicted octanol–water partition coefficient (Wildman–Crippen LogP) is 3.30. The number of hydrogen-bond acceptors (Lipinski definition) is 7. The van der Waals surface area contributed by atoms with Crippen molar-refractivity contribution in [2.24, 2.45) is 0 Å². The Morgan fingerprint density at radius 1 is 1.21 bits per heavy atom. The van der Waals surface area contributed by atoms with Crippen LogP contribution in [0.1, 0.15) is 11.3 Å². The van der Waals surface area contributed by atoms with Gasteiger partial charge in [-0.15, -0.1) is 0 Å². The third-order valence-corrected chi connectivity index (χ3v) is 3.98. The molecule has 2 heterocycles. The van der Waals surface area contributed by atoms with Gasteiger partial charge in [-0.2, -0.15) is 5.26 Å². The topological polar surface area (TPSA) is 117 Å². The molecule has 0 N–H and O–H groups in total. The molecule has 1 aromatic heterocycles. The molecule has 3 rings (SSSR count). The minimum absolute atomic E-state index is 0.0913. The van der Waals surface area contributed by atoms with Crippen molar-refractivity contribution in [3.8, 4) is 6.07 Å². The second-order valence-electron chi connectivity index (χ2n) is 4.61. The van der Waals surface area contributed by atoms with Crippen molar-refractivity contribution in [1.29, 1.82) is 5.26 Å². The number of nitrogens with zero attached hydrogens (tertiary/aromatic N) is 3. The Balaban J connectivity index is 1.89. The lowest BCUT2D eigenvalue weighted by molar-refractivity contribution is -0.402. The first-order chi connectivity index (χ1) is 11.5. The highest BCUT2D eigenvalue weighted by Gasteiger charge is 2.36. The number of nitro groups is 1. The summed E-state index contributed by atoms with van der Waals surface area (Å²) in [5, 5.41) is 18.9. The maximum absolute atomic E-state index is 12.4. The molecular weight excluding hydrogens is 334 g/mol. The van der Waals surface area contributed by atoms with Crippen LogP contribution in [0.2, 0.25) is 0 Å². The molecule has 1 aliphatic heterocycles. The lowest BCUT2D eigenvalue weighted by Gasteiger charge is -2.11. The molecule has 0 aliphatic carbocycles. The second-order valence-corrected chi connectivity index (χ2v) is 5.60. The molecule has 0 bridgehead atoms.